The molecule has 0 bridgehead atoms. The average molecular weight is 313 g/mol. The molecule has 2 aromatic rings. The van der Waals surface area contributed by atoms with Crippen LogP contribution >= 0.6 is 0 Å². The summed E-state index contributed by atoms with van der Waals surface area (Å²) in [5.74, 6) is -0.157. The lowest BCUT2D eigenvalue weighted by Gasteiger charge is -2.14. The van der Waals surface area contributed by atoms with Crippen molar-refractivity contribution in [1.82, 2.24) is 10.3 Å². The van der Waals surface area contributed by atoms with E-state index in [2.05, 4.69) is 48.5 Å². The van der Waals surface area contributed by atoms with Gasteiger partial charge in [0.2, 0.25) is 0 Å². The summed E-state index contributed by atoms with van der Waals surface area (Å²) < 4.78 is 4.92. The Labute approximate surface area is 137 Å². The van der Waals surface area contributed by atoms with E-state index in [0.717, 1.165) is 22.5 Å². The standard InChI is InChI=1S/C18H23N3O2/c1-12-7-13(2)17(14(3)8-12)21-16-9-15(10-19-11-16)18(22)20-5-6-23-4/h7-11,21H,5-6H2,1-4H3,(H,20,22). The molecule has 5 nitrogen and oxygen atoms in total. The number of ether oxygens (including phenoxy) is 1. The first-order chi connectivity index (χ1) is 11.0. The smallest absolute Gasteiger partial charge is 0.253 e. The van der Waals surface area contributed by atoms with Gasteiger partial charge in [0, 0.05) is 25.5 Å². The molecule has 2 N–H and O–H groups in total. The SMILES string of the molecule is COCCNC(=O)c1cncc(Nc2c(C)cc(C)cc2C)c1. The summed E-state index contributed by atoms with van der Waals surface area (Å²) in [7, 11) is 1.60. The molecule has 0 aliphatic rings. The normalized spacial score (nSPS) is 10.4. The van der Waals surface area contributed by atoms with E-state index in [-0.39, 0.29) is 5.91 Å². The number of pyridine rings is 1. The highest BCUT2D eigenvalue weighted by molar-refractivity contribution is 5.94. The highest BCUT2D eigenvalue weighted by atomic mass is 16.5. The molecule has 2 rings (SSSR count). The number of benzene rings is 1. The maximum Gasteiger partial charge on any atom is 0.253 e. The summed E-state index contributed by atoms with van der Waals surface area (Å²) in [4.78, 5) is 16.2. The third-order valence-corrected chi connectivity index (χ3v) is 3.54. The Bertz CT molecular complexity index is 675. The highest BCUT2D eigenvalue weighted by Crippen LogP contribution is 2.25. The van der Waals surface area contributed by atoms with Gasteiger partial charge < -0.3 is 15.4 Å². The van der Waals surface area contributed by atoms with E-state index in [4.69, 9.17) is 4.74 Å². The molecule has 1 heterocycles. The number of amides is 1. The van der Waals surface area contributed by atoms with E-state index in [1.54, 1.807) is 25.6 Å². The van der Waals surface area contributed by atoms with Crippen molar-refractivity contribution in [3.05, 3.63) is 52.8 Å². The lowest BCUT2D eigenvalue weighted by Crippen LogP contribution is -2.27. The topological polar surface area (TPSA) is 63.2 Å². The first-order valence-electron chi connectivity index (χ1n) is 7.58. The van der Waals surface area contributed by atoms with Crippen LogP contribution in [0.3, 0.4) is 0 Å². The van der Waals surface area contributed by atoms with E-state index in [1.165, 1.54) is 5.56 Å². The van der Waals surface area contributed by atoms with Gasteiger partial charge in [0.05, 0.1) is 24.1 Å². The number of aromatic nitrogens is 1. The zero-order valence-electron chi connectivity index (χ0n) is 14.1. The molecule has 0 spiro atoms. The predicted molar refractivity (Wildman–Crippen MR) is 92.4 cm³/mol. The number of nitrogens with zero attached hydrogens (tertiary/aromatic N) is 1. The van der Waals surface area contributed by atoms with E-state index >= 15 is 0 Å². The summed E-state index contributed by atoms with van der Waals surface area (Å²) in [6, 6.07) is 6.06. The number of methoxy groups -OCH3 is 1. The van der Waals surface area contributed by atoms with Crippen LogP contribution in [0.15, 0.2) is 30.6 Å². The summed E-state index contributed by atoms with van der Waals surface area (Å²) in [5, 5.41) is 6.15. The van der Waals surface area contributed by atoms with Crippen LogP contribution in [0.4, 0.5) is 11.4 Å². The predicted octanol–water partition coefficient (Wildman–Crippen LogP) is 3.13. The summed E-state index contributed by atoms with van der Waals surface area (Å²) in [6.07, 6.45) is 3.27. The molecule has 0 aliphatic carbocycles. The Morgan fingerprint density at radius 1 is 1.13 bits per heavy atom. The molecule has 0 radical (unpaired) electrons. The maximum atomic E-state index is 12.1. The van der Waals surface area contributed by atoms with Crippen LogP contribution in [0.5, 0.6) is 0 Å². The molecule has 0 aliphatic heterocycles. The van der Waals surface area contributed by atoms with Crippen LogP contribution < -0.4 is 10.6 Å². The lowest BCUT2D eigenvalue weighted by molar-refractivity contribution is 0.0937. The fourth-order valence-electron chi connectivity index (χ4n) is 2.52. The van der Waals surface area contributed by atoms with Gasteiger partial charge in [0.15, 0.2) is 0 Å². The number of nitrogens with one attached hydrogen (secondary N) is 2. The minimum atomic E-state index is -0.157. The van der Waals surface area contributed by atoms with Crippen molar-refractivity contribution in [1.29, 1.82) is 0 Å². The van der Waals surface area contributed by atoms with Gasteiger partial charge >= 0.3 is 0 Å². The van der Waals surface area contributed by atoms with Gasteiger partial charge in [-0.25, -0.2) is 0 Å². The second-order valence-corrected chi connectivity index (χ2v) is 5.61. The number of carbonyl (C=O) groups excluding carboxylic acids is 1. The van der Waals surface area contributed by atoms with E-state index in [0.29, 0.717) is 18.7 Å². The first kappa shape index (κ1) is 17.0. The number of anilines is 2. The molecular formula is C18H23N3O2. The number of aryl methyl sites for hydroxylation is 3. The lowest BCUT2D eigenvalue weighted by atomic mass is 10.0. The van der Waals surface area contributed by atoms with Crippen molar-refractivity contribution in [3.8, 4) is 0 Å². The second kappa shape index (κ2) is 7.74. The molecule has 0 unspecified atom stereocenters. The van der Waals surface area contributed by atoms with Crippen molar-refractivity contribution < 1.29 is 9.53 Å². The number of hydrogen-bond donors (Lipinski definition) is 2. The van der Waals surface area contributed by atoms with Crippen molar-refractivity contribution in [2.75, 3.05) is 25.6 Å². The fraction of sp³-hybridized carbons (Fsp3) is 0.333. The second-order valence-electron chi connectivity index (χ2n) is 5.61. The third-order valence-electron chi connectivity index (χ3n) is 3.54. The average Bonchev–Trinajstić information content (AvgIpc) is 2.51. The van der Waals surface area contributed by atoms with Crippen LogP contribution in [0, 0.1) is 20.8 Å². The van der Waals surface area contributed by atoms with Gasteiger partial charge in [-0.3, -0.25) is 9.78 Å². The van der Waals surface area contributed by atoms with Crippen LogP contribution in [-0.2, 0) is 4.74 Å². The molecule has 0 atom stereocenters. The first-order valence-corrected chi connectivity index (χ1v) is 7.58. The highest BCUT2D eigenvalue weighted by Gasteiger charge is 2.08. The van der Waals surface area contributed by atoms with Gasteiger partial charge in [-0.15, -0.1) is 0 Å². The zero-order chi connectivity index (χ0) is 16.8. The number of hydrogen-bond acceptors (Lipinski definition) is 4. The van der Waals surface area contributed by atoms with Gasteiger partial charge in [0.1, 0.15) is 0 Å². The zero-order valence-corrected chi connectivity index (χ0v) is 14.1. The molecule has 122 valence electrons. The molecule has 1 amide bonds. The van der Waals surface area contributed by atoms with Crippen molar-refractivity contribution in [2.24, 2.45) is 0 Å². The molecule has 0 saturated heterocycles. The Hall–Kier alpha value is -2.40. The molecule has 0 fully saturated rings. The Morgan fingerprint density at radius 2 is 1.83 bits per heavy atom. The largest absolute Gasteiger partial charge is 0.383 e. The van der Waals surface area contributed by atoms with Crippen LogP contribution in [-0.4, -0.2) is 31.2 Å². The van der Waals surface area contributed by atoms with Crippen LogP contribution in [0.25, 0.3) is 0 Å². The van der Waals surface area contributed by atoms with E-state index in [1.807, 2.05) is 0 Å². The van der Waals surface area contributed by atoms with Gasteiger partial charge in [-0.05, 0) is 38.0 Å². The molecular weight excluding hydrogens is 290 g/mol. The summed E-state index contributed by atoms with van der Waals surface area (Å²) in [5.41, 5.74) is 5.92. The minimum Gasteiger partial charge on any atom is -0.383 e. The fourth-order valence-corrected chi connectivity index (χ4v) is 2.52. The van der Waals surface area contributed by atoms with Gasteiger partial charge in [0.25, 0.3) is 5.91 Å². The van der Waals surface area contributed by atoms with E-state index < -0.39 is 0 Å². The minimum absolute atomic E-state index is 0.157. The molecule has 0 saturated carbocycles. The quantitative estimate of drug-likeness (QED) is 0.804. The summed E-state index contributed by atoms with van der Waals surface area (Å²) in [6.45, 7) is 7.17. The maximum absolute atomic E-state index is 12.1. The van der Waals surface area contributed by atoms with E-state index in [9.17, 15) is 4.79 Å². The Morgan fingerprint density at radius 3 is 2.48 bits per heavy atom. The summed E-state index contributed by atoms with van der Waals surface area (Å²) >= 11 is 0. The Balaban J connectivity index is 2.16. The van der Waals surface area contributed by atoms with Gasteiger partial charge in [-0.1, -0.05) is 17.7 Å². The Kier molecular flexibility index (Phi) is 5.71. The molecule has 1 aromatic heterocycles. The van der Waals surface area contributed by atoms with Gasteiger partial charge in [-0.2, -0.15) is 0 Å². The van der Waals surface area contributed by atoms with Crippen molar-refractivity contribution in [2.45, 2.75) is 20.8 Å². The molecule has 5 heteroatoms. The van der Waals surface area contributed by atoms with Crippen molar-refractivity contribution in [3.63, 3.8) is 0 Å². The monoisotopic (exact) mass is 313 g/mol. The molecule has 23 heavy (non-hydrogen) atoms. The van der Waals surface area contributed by atoms with Crippen molar-refractivity contribution >= 4 is 17.3 Å². The van der Waals surface area contributed by atoms with Crippen LogP contribution in [0.1, 0.15) is 27.0 Å². The third kappa shape index (κ3) is 4.53. The number of rotatable bonds is 6. The molecule has 1 aromatic carbocycles. The van der Waals surface area contributed by atoms with Crippen LogP contribution in [0.2, 0.25) is 0 Å². The number of carbonyl (C=O) groups is 1.